The molecule has 0 saturated carbocycles. The first-order valence-electron chi connectivity index (χ1n) is 5.28. The van der Waals surface area contributed by atoms with Gasteiger partial charge in [-0.25, -0.2) is 0 Å². The van der Waals surface area contributed by atoms with Crippen molar-refractivity contribution in [3.63, 3.8) is 0 Å². The fourth-order valence-corrected chi connectivity index (χ4v) is 1.13. The summed E-state index contributed by atoms with van der Waals surface area (Å²) < 4.78 is 1.87. The second-order valence-corrected chi connectivity index (χ2v) is 4.88. The largest absolute Gasteiger partial charge is 0.389 e. The third kappa shape index (κ3) is 3.32. The molecule has 0 aliphatic carbocycles. The van der Waals surface area contributed by atoms with Crippen LogP contribution in [-0.2, 0) is 6.54 Å². The van der Waals surface area contributed by atoms with Gasteiger partial charge in [0.2, 0.25) is 0 Å². The lowest BCUT2D eigenvalue weighted by Gasteiger charge is -2.38. The van der Waals surface area contributed by atoms with Gasteiger partial charge in [-0.3, -0.25) is 4.68 Å². The van der Waals surface area contributed by atoms with Crippen LogP contribution in [0.1, 0.15) is 27.7 Å². The van der Waals surface area contributed by atoms with Crippen LogP contribution < -0.4 is 5.32 Å². The van der Waals surface area contributed by atoms with Gasteiger partial charge in [0.15, 0.2) is 0 Å². The number of nitrogens with zero attached hydrogens (tertiary/aromatic N) is 2. The predicted octanol–water partition coefficient (Wildman–Crippen LogP) is 1.02. The molecule has 86 valence electrons. The molecule has 0 spiro atoms. The van der Waals surface area contributed by atoms with E-state index < -0.39 is 5.60 Å². The van der Waals surface area contributed by atoms with Crippen LogP contribution in [0.2, 0.25) is 0 Å². The molecule has 1 heterocycles. The van der Waals surface area contributed by atoms with E-state index in [0.29, 0.717) is 0 Å². The van der Waals surface area contributed by atoms with Crippen molar-refractivity contribution in [2.45, 2.75) is 45.4 Å². The molecule has 0 saturated heterocycles. The third-order valence-corrected chi connectivity index (χ3v) is 3.00. The summed E-state index contributed by atoms with van der Waals surface area (Å²) in [7, 11) is 0. The maximum atomic E-state index is 9.92. The summed E-state index contributed by atoms with van der Waals surface area (Å²) in [5.41, 5.74) is -1.04. The van der Waals surface area contributed by atoms with Gasteiger partial charge >= 0.3 is 0 Å². The molecule has 0 aromatic carbocycles. The van der Waals surface area contributed by atoms with Gasteiger partial charge in [-0.05, 0) is 33.8 Å². The molecular formula is C11H21N3O. The summed E-state index contributed by atoms with van der Waals surface area (Å²) in [6.45, 7) is 9.22. The fraction of sp³-hybridized carbons (Fsp3) is 0.727. The summed E-state index contributed by atoms with van der Waals surface area (Å²) >= 11 is 0. The Labute approximate surface area is 91.3 Å². The first-order valence-corrected chi connectivity index (χ1v) is 5.28. The highest BCUT2D eigenvalue weighted by atomic mass is 16.3. The summed E-state index contributed by atoms with van der Waals surface area (Å²) in [6, 6.07) is 1.90. The van der Waals surface area contributed by atoms with Gasteiger partial charge in [-0.2, -0.15) is 5.10 Å². The zero-order valence-electron chi connectivity index (χ0n) is 9.99. The number of hydrogen-bond donors (Lipinski definition) is 2. The molecule has 0 unspecified atom stereocenters. The number of aromatic nitrogens is 2. The van der Waals surface area contributed by atoms with Gasteiger partial charge < -0.3 is 10.4 Å². The van der Waals surface area contributed by atoms with Crippen LogP contribution in [0.3, 0.4) is 0 Å². The van der Waals surface area contributed by atoms with Crippen LogP contribution in [0.15, 0.2) is 18.5 Å². The summed E-state index contributed by atoms with van der Waals surface area (Å²) in [6.07, 6.45) is 3.69. The second kappa shape index (κ2) is 4.33. The Balaban J connectivity index is 2.37. The van der Waals surface area contributed by atoms with Crippen molar-refractivity contribution >= 4 is 0 Å². The Hall–Kier alpha value is -0.870. The van der Waals surface area contributed by atoms with Crippen LogP contribution in [0, 0.1) is 0 Å². The molecule has 1 aromatic rings. The Kier molecular flexibility index (Phi) is 3.52. The van der Waals surface area contributed by atoms with Gasteiger partial charge in [-0.1, -0.05) is 0 Å². The Morgan fingerprint density at radius 1 is 1.33 bits per heavy atom. The van der Waals surface area contributed by atoms with E-state index in [1.165, 1.54) is 0 Å². The molecular weight excluding hydrogens is 190 g/mol. The number of hydrogen-bond acceptors (Lipinski definition) is 3. The monoisotopic (exact) mass is 211 g/mol. The number of rotatable bonds is 5. The van der Waals surface area contributed by atoms with Crippen LogP contribution in [0.5, 0.6) is 0 Å². The molecule has 0 fully saturated rings. The molecule has 0 aliphatic heterocycles. The topological polar surface area (TPSA) is 50.1 Å². The third-order valence-electron chi connectivity index (χ3n) is 3.00. The van der Waals surface area contributed by atoms with Gasteiger partial charge in [0.05, 0.1) is 12.1 Å². The van der Waals surface area contributed by atoms with E-state index in [-0.39, 0.29) is 5.54 Å². The van der Waals surface area contributed by atoms with Crippen molar-refractivity contribution in [2.75, 3.05) is 6.54 Å². The Morgan fingerprint density at radius 3 is 2.47 bits per heavy atom. The van der Waals surface area contributed by atoms with Gasteiger partial charge in [0.25, 0.3) is 0 Å². The molecule has 0 amide bonds. The lowest BCUT2D eigenvalue weighted by atomic mass is 9.86. The van der Waals surface area contributed by atoms with Crippen LogP contribution in [0.25, 0.3) is 0 Å². The summed E-state index contributed by atoms with van der Waals surface area (Å²) in [5, 5.41) is 17.4. The zero-order valence-corrected chi connectivity index (χ0v) is 9.99. The highest BCUT2D eigenvalue weighted by molar-refractivity contribution is 4.93. The molecule has 1 rings (SSSR count). The van der Waals surface area contributed by atoms with E-state index in [2.05, 4.69) is 10.4 Å². The SMILES string of the molecule is CC(C)(O)C(C)(C)NCCn1cccn1. The fourth-order valence-electron chi connectivity index (χ4n) is 1.13. The van der Waals surface area contributed by atoms with Crippen molar-refractivity contribution < 1.29 is 5.11 Å². The maximum Gasteiger partial charge on any atom is 0.0767 e. The summed E-state index contributed by atoms with van der Waals surface area (Å²) in [5.74, 6) is 0. The van der Waals surface area contributed by atoms with Crippen molar-refractivity contribution in [1.29, 1.82) is 0 Å². The second-order valence-electron chi connectivity index (χ2n) is 4.88. The van der Waals surface area contributed by atoms with E-state index in [9.17, 15) is 5.11 Å². The van der Waals surface area contributed by atoms with Crippen molar-refractivity contribution in [3.8, 4) is 0 Å². The average molecular weight is 211 g/mol. The van der Waals surface area contributed by atoms with Crippen molar-refractivity contribution in [2.24, 2.45) is 0 Å². The molecule has 0 radical (unpaired) electrons. The van der Waals surface area contributed by atoms with Gasteiger partial charge in [0.1, 0.15) is 0 Å². The van der Waals surface area contributed by atoms with Gasteiger partial charge in [0, 0.05) is 24.5 Å². The first-order chi connectivity index (χ1) is 6.83. The number of aliphatic hydroxyl groups is 1. The lowest BCUT2D eigenvalue weighted by molar-refractivity contribution is -0.00471. The normalized spacial score (nSPS) is 13.1. The molecule has 4 nitrogen and oxygen atoms in total. The Bertz CT molecular complexity index is 285. The zero-order chi connectivity index (χ0) is 11.5. The van der Waals surface area contributed by atoms with E-state index >= 15 is 0 Å². The molecule has 2 N–H and O–H groups in total. The maximum absolute atomic E-state index is 9.92. The van der Waals surface area contributed by atoms with E-state index in [4.69, 9.17) is 0 Å². The number of nitrogens with one attached hydrogen (secondary N) is 1. The highest BCUT2D eigenvalue weighted by Crippen LogP contribution is 2.19. The molecule has 1 aromatic heterocycles. The van der Waals surface area contributed by atoms with E-state index in [0.717, 1.165) is 13.1 Å². The smallest absolute Gasteiger partial charge is 0.0767 e. The minimum Gasteiger partial charge on any atom is -0.389 e. The minimum atomic E-state index is -0.739. The molecule has 4 heteroatoms. The summed E-state index contributed by atoms with van der Waals surface area (Å²) in [4.78, 5) is 0. The lowest BCUT2D eigenvalue weighted by Crippen LogP contribution is -2.56. The van der Waals surface area contributed by atoms with E-state index in [1.54, 1.807) is 6.20 Å². The molecule has 0 atom stereocenters. The first kappa shape index (κ1) is 12.2. The standard InChI is InChI=1S/C11H21N3O/c1-10(2,11(3,4)15)12-7-9-14-8-5-6-13-14/h5-6,8,12,15H,7,9H2,1-4H3. The van der Waals surface area contributed by atoms with Crippen molar-refractivity contribution in [1.82, 2.24) is 15.1 Å². The predicted molar refractivity (Wildman–Crippen MR) is 60.6 cm³/mol. The highest BCUT2D eigenvalue weighted by Gasteiger charge is 2.33. The Morgan fingerprint density at radius 2 is 2.00 bits per heavy atom. The van der Waals surface area contributed by atoms with Crippen LogP contribution in [0.4, 0.5) is 0 Å². The quantitative estimate of drug-likeness (QED) is 0.764. The average Bonchev–Trinajstić information content (AvgIpc) is 2.54. The van der Waals surface area contributed by atoms with Crippen LogP contribution in [-0.4, -0.2) is 32.6 Å². The minimum absolute atomic E-state index is 0.305. The van der Waals surface area contributed by atoms with E-state index in [1.807, 2.05) is 44.6 Å². The molecule has 0 bridgehead atoms. The van der Waals surface area contributed by atoms with Crippen molar-refractivity contribution in [3.05, 3.63) is 18.5 Å². The molecule has 15 heavy (non-hydrogen) atoms. The van der Waals surface area contributed by atoms with Gasteiger partial charge in [-0.15, -0.1) is 0 Å². The van der Waals surface area contributed by atoms with Crippen LogP contribution >= 0.6 is 0 Å². The molecule has 0 aliphatic rings.